The number of carbonyl (C=O) groups is 1. The van der Waals surface area contributed by atoms with Gasteiger partial charge in [0.15, 0.2) is 0 Å². The number of anilines is 1. The molecule has 0 bridgehead atoms. The molecule has 1 aromatic heterocycles. The van der Waals surface area contributed by atoms with Gasteiger partial charge in [-0.1, -0.05) is 30.3 Å². The Kier molecular flexibility index (Phi) is 5.07. The molecule has 3 aromatic rings. The highest BCUT2D eigenvalue weighted by Crippen LogP contribution is 2.31. The van der Waals surface area contributed by atoms with Crippen LogP contribution in [-0.4, -0.2) is 24.7 Å². The van der Waals surface area contributed by atoms with Crippen molar-refractivity contribution in [2.24, 2.45) is 0 Å². The number of hydrogen-bond donors (Lipinski definition) is 2. The van der Waals surface area contributed by atoms with Crippen LogP contribution < -0.4 is 20.4 Å². The Morgan fingerprint density at radius 2 is 1.92 bits per heavy atom. The molecule has 7 heteroatoms. The Bertz CT molecular complexity index is 980. The molecule has 3 rings (SSSR count). The Morgan fingerprint density at radius 3 is 2.62 bits per heavy atom. The Hall–Kier alpha value is -3.48. The molecule has 1 heterocycles. The van der Waals surface area contributed by atoms with Crippen LogP contribution in [0, 0.1) is 0 Å². The summed E-state index contributed by atoms with van der Waals surface area (Å²) in [7, 11) is 1.37. The number of methoxy groups -OCH3 is 1. The second kappa shape index (κ2) is 7.60. The van der Waals surface area contributed by atoms with Gasteiger partial charge in [-0.25, -0.2) is 4.79 Å². The molecule has 0 aliphatic heterocycles. The lowest BCUT2D eigenvalue weighted by molar-refractivity contribution is -0.134. The first-order chi connectivity index (χ1) is 12.6. The van der Waals surface area contributed by atoms with Gasteiger partial charge < -0.3 is 24.3 Å². The van der Waals surface area contributed by atoms with E-state index in [4.69, 9.17) is 19.0 Å². The molecule has 26 heavy (non-hydrogen) atoms. The van der Waals surface area contributed by atoms with E-state index in [1.807, 2.05) is 30.3 Å². The van der Waals surface area contributed by atoms with Crippen molar-refractivity contribution in [3.8, 4) is 11.5 Å². The molecule has 0 aliphatic rings. The van der Waals surface area contributed by atoms with E-state index in [2.05, 4.69) is 5.32 Å². The van der Waals surface area contributed by atoms with Gasteiger partial charge in [-0.2, -0.15) is 0 Å². The van der Waals surface area contributed by atoms with Gasteiger partial charge in [0.2, 0.25) is 5.75 Å². The number of rotatable bonds is 7. The zero-order chi connectivity index (χ0) is 18.5. The summed E-state index contributed by atoms with van der Waals surface area (Å²) in [5, 5.41) is 12.3. The molecule has 0 amide bonds. The summed E-state index contributed by atoms with van der Waals surface area (Å²) < 4.78 is 16.0. The van der Waals surface area contributed by atoms with Crippen molar-refractivity contribution < 1.29 is 23.8 Å². The molecule has 0 aliphatic carbocycles. The van der Waals surface area contributed by atoms with Crippen molar-refractivity contribution in [3.63, 3.8) is 0 Å². The highest BCUT2D eigenvalue weighted by molar-refractivity contribution is 5.86. The molecule has 134 valence electrons. The van der Waals surface area contributed by atoms with Crippen LogP contribution >= 0.6 is 0 Å². The molecular weight excluding hydrogens is 338 g/mol. The van der Waals surface area contributed by atoms with Crippen LogP contribution in [0.5, 0.6) is 11.5 Å². The minimum absolute atomic E-state index is 0.0691. The van der Waals surface area contributed by atoms with Crippen molar-refractivity contribution in [1.82, 2.24) is 0 Å². The van der Waals surface area contributed by atoms with Crippen LogP contribution in [0.15, 0.2) is 57.7 Å². The average Bonchev–Trinajstić information content (AvgIpc) is 2.64. The number of nitrogens with one attached hydrogen (secondary N) is 1. The lowest BCUT2D eigenvalue weighted by Gasteiger charge is -2.14. The van der Waals surface area contributed by atoms with Crippen LogP contribution in [0.3, 0.4) is 0 Å². The molecule has 2 aromatic carbocycles. The zero-order valence-electron chi connectivity index (χ0n) is 14.0. The SMILES string of the molecule is COc1cc2cc(NCC(=O)O)c(OCc3ccccc3)cc2oc1=O. The second-order valence-corrected chi connectivity index (χ2v) is 5.51. The van der Waals surface area contributed by atoms with Gasteiger partial charge in [-0.05, 0) is 17.7 Å². The van der Waals surface area contributed by atoms with E-state index in [1.165, 1.54) is 13.2 Å². The van der Waals surface area contributed by atoms with Gasteiger partial charge >= 0.3 is 11.6 Å². The number of carboxylic acid groups (broad SMARTS) is 1. The third kappa shape index (κ3) is 3.94. The van der Waals surface area contributed by atoms with Crippen LogP contribution in [0.4, 0.5) is 5.69 Å². The lowest BCUT2D eigenvalue weighted by Crippen LogP contribution is -2.13. The van der Waals surface area contributed by atoms with Crippen molar-refractivity contribution in [3.05, 3.63) is 64.5 Å². The van der Waals surface area contributed by atoms with Gasteiger partial charge in [0, 0.05) is 11.5 Å². The fourth-order valence-corrected chi connectivity index (χ4v) is 2.44. The first-order valence-electron chi connectivity index (χ1n) is 7.85. The van der Waals surface area contributed by atoms with Gasteiger partial charge in [-0.15, -0.1) is 0 Å². The van der Waals surface area contributed by atoms with Crippen molar-refractivity contribution in [2.75, 3.05) is 19.0 Å². The number of carboxylic acids is 1. The summed E-state index contributed by atoms with van der Waals surface area (Å²) >= 11 is 0. The van der Waals surface area contributed by atoms with E-state index in [0.717, 1.165) is 5.56 Å². The van der Waals surface area contributed by atoms with E-state index in [9.17, 15) is 9.59 Å². The predicted molar refractivity (Wildman–Crippen MR) is 95.9 cm³/mol. The van der Waals surface area contributed by atoms with E-state index < -0.39 is 11.6 Å². The second-order valence-electron chi connectivity index (χ2n) is 5.51. The summed E-state index contributed by atoms with van der Waals surface area (Å²) in [5.41, 5.74) is 1.15. The number of fused-ring (bicyclic) bond motifs is 1. The molecule has 7 nitrogen and oxygen atoms in total. The predicted octanol–water partition coefficient (Wildman–Crippen LogP) is 2.88. The van der Waals surface area contributed by atoms with Crippen LogP contribution in [0.2, 0.25) is 0 Å². The minimum Gasteiger partial charge on any atom is -0.490 e. The third-order valence-electron chi connectivity index (χ3n) is 3.69. The Balaban J connectivity index is 1.98. The monoisotopic (exact) mass is 355 g/mol. The maximum atomic E-state index is 11.8. The molecule has 2 N–H and O–H groups in total. The van der Waals surface area contributed by atoms with Gasteiger partial charge in [-0.3, -0.25) is 4.79 Å². The van der Waals surface area contributed by atoms with Crippen LogP contribution in [-0.2, 0) is 11.4 Å². The van der Waals surface area contributed by atoms with Gasteiger partial charge in [0.1, 0.15) is 24.5 Å². The van der Waals surface area contributed by atoms with Crippen LogP contribution in [0.25, 0.3) is 11.0 Å². The zero-order valence-corrected chi connectivity index (χ0v) is 14.0. The highest BCUT2D eigenvalue weighted by atomic mass is 16.5. The summed E-state index contributed by atoms with van der Waals surface area (Å²) in [6.45, 7) is 0.00953. The number of aliphatic carboxylic acids is 1. The number of hydrogen-bond acceptors (Lipinski definition) is 6. The van der Waals surface area contributed by atoms with Crippen LogP contribution in [0.1, 0.15) is 5.56 Å². The standard InChI is InChI=1S/C19H17NO6/c1-24-17-8-13-7-14(20-10-18(21)22)16(9-15(13)26-19(17)23)25-11-12-5-3-2-4-6-12/h2-9,20H,10-11H2,1H3,(H,21,22). The maximum absolute atomic E-state index is 11.8. The smallest absolute Gasteiger partial charge is 0.379 e. The van der Waals surface area contributed by atoms with Crippen molar-refractivity contribution >= 4 is 22.6 Å². The van der Waals surface area contributed by atoms with E-state index in [-0.39, 0.29) is 18.9 Å². The van der Waals surface area contributed by atoms with E-state index in [0.29, 0.717) is 22.4 Å². The molecule has 0 radical (unpaired) electrons. The third-order valence-corrected chi connectivity index (χ3v) is 3.69. The first-order valence-corrected chi connectivity index (χ1v) is 7.85. The fourth-order valence-electron chi connectivity index (χ4n) is 2.44. The largest absolute Gasteiger partial charge is 0.490 e. The molecule has 0 atom stereocenters. The van der Waals surface area contributed by atoms with Gasteiger partial charge in [0.05, 0.1) is 12.8 Å². The van der Waals surface area contributed by atoms with Gasteiger partial charge in [0.25, 0.3) is 0 Å². The molecule has 0 unspecified atom stereocenters. The molecule has 0 saturated heterocycles. The lowest BCUT2D eigenvalue weighted by atomic mass is 10.2. The summed E-state index contributed by atoms with van der Waals surface area (Å²) in [4.78, 5) is 22.7. The molecule has 0 spiro atoms. The fraction of sp³-hybridized carbons (Fsp3) is 0.158. The van der Waals surface area contributed by atoms with E-state index >= 15 is 0 Å². The normalized spacial score (nSPS) is 10.5. The summed E-state index contributed by atoms with van der Waals surface area (Å²) in [6.07, 6.45) is 0. The van der Waals surface area contributed by atoms with Crippen molar-refractivity contribution in [2.45, 2.75) is 6.61 Å². The van der Waals surface area contributed by atoms with Crippen molar-refractivity contribution in [1.29, 1.82) is 0 Å². The maximum Gasteiger partial charge on any atom is 0.379 e. The molecule has 0 fully saturated rings. The number of benzene rings is 2. The summed E-state index contributed by atoms with van der Waals surface area (Å²) in [6, 6.07) is 14.3. The average molecular weight is 355 g/mol. The van der Waals surface area contributed by atoms with E-state index in [1.54, 1.807) is 12.1 Å². The minimum atomic E-state index is -1.00. The number of ether oxygens (including phenoxy) is 2. The molecule has 0 saturated carbocycles. The quantitative estimate of drug-likeness (QED) is 0.629. The first kappa shape index (κ1) is 17.3. The molecular formula is C19H17NO6. The summed E-state index contributed by atoms with van der Waals surface area (Å²) in [5.74, 6) is -0.549. The Labute approximate surface area is 148 Å². The Morgan fingerprint density at radius 1 is 1.15 bits per heavy atom. The highest BCUT2D eigenvalue weighted by Gasteiger charge is 2.12. The topological polar surface area (TPSA) is 98.0 Å².